The fourth-order valence-corrected chi connectivity index (χ4v) is 1.42. The van der Waals surface area contributed by atoms with Crippen molar-refractivity contribution < 1.29 is 15.0 Å². The number of hydrogen-bond acceptors (Lipinski definition) is 3. The van der Waals surface area contributed by atoms with E-state index in [1.807, 2.05) is 0 Å². The van der Waals surface area contributed by atoms with E-state index >= 15 is 0 Å². The molecule has 0 radical (unpaired) electrons. The number of aromatic hydroxyl groups is 1. The number of phenolic OH excluding ortho intramolecular Hbond substituents is 1. The van der Waals surface area contributed by atoms with Crippen molar-refractivity contribution in [3.63, 3.8) is 0 Å². The van der Waals surface area contributed by atoms with E-state index in [0.717, 1.165) is 5.56 Å². The van der Waals surface area contributed by atoms with E-state index < -0.39 is 5.97 Å². The van der Waals surface area contributed by atoms with E-state index in [1.54, 1.807) is 30.5 Å². The number of carbonyl (C=O) groups is 1. The van der Waals surface area contributed by atoms with Crippen LogP contribution in [0.3, 0.4) is 0 Å². The second-order valence-electron chi connectivity index (χ2n) is 3.36. The highest BCUT2D eigenvalue weighted by atomic mass is 16.4. The summed E-state index contributed by atoms with van der Waals surface area (Å²) in [6.07, 6.45) is 1.41. The van der Waals surface area contributed by atoms with Crippen LogP contribution in [0.4, 0.5) is 0 Å². The molecule has 5 heteroatoms. The Labute approximate surface area is 91.4 Å². The lowest BCUT2D eigenvalue weighted by Crippen LogP contribution is -2.01. The first-order valence-electron chi connectivity index (χ1n) is 4.70. The predicted molar refractivity (Wildman–Crippen MR) is 57.0 cm³/mol. The fourth-order valence-electron chi connectivity index (χ4n) is 1.42. The summed E-state index contributed by atoms with van der Waals surface area (Å²) in [5, 5.41) is 17.9. The predicted octanol–water partition coefficient (Wildman–Crippen LogP) is 1.41. The third-order valence-electron chi connectivity index (χ3n) is 2.10. The Bertz CT molecular complexity index is 519. The van der Waals surface area contributed by atoms with Gasteiger partial charge in [-0.1, -0.05) is 12.1 Å². The number of phenols is 1. The van der Waals surface area contributed by atoms with Crippen LogP contribution < -0.4 is 0 Å². The quantitative estimate of drug-likeness (QED) is 0.727. The zero-order chi connectivity index (χ0) is 11.5. The van der Waals surface area contributed by atoms with Crippen LogP contribution in [0.1, 0.15) is 5.82 Å². The molecule has 1 aromatic carbocycles. The van der Waals surface area contributed by atoms with E-state index in [2.05, 4.69) is 9.97 Å². The van der Waals surface area contributed by atoms with E-state index in [4.69, 9.17) is 5.11 Å². The van der Waals surface area contributed by atoms with Crippen molar-refractivity contribution in [1.29, 1.82) is 0 Å². The number of benzene rings is 1. The summed E-state index contributed by atoms with van der Waals surface area (Å²) >= 11 is 0. The lowest BCUT2D eigenvalue weighted by Gasteiger charge is -1.97. The van der Waals surface area contributed by atoms with Crippen molar-refractivity contribution in [2.24, 2.45) is 0 Å². The molecule has 0 saturated carbocycles. The summed E-state index contributed by atoms with van der Waals surface area (Å²) in [6, 6.07) is 6.66. The fraction of sp³-hybridized carbons (Fsp3) is 0.0909. The number of rotatable bonds is 3. The molecule has 2 rings (SSSR count). The topological polar surface area (TPSA) is 86.2 Å². The van der Waals surface area contributed by atoms with E-state index in [0.29, 0.717) is 11.5 Å². The van der Waals surface area contributed by atoms with Crippen molar-refractivity contribution in [2.45, 2.75) is 6.42 Å². The van der Waals surface area contributed by atoms with Crippen LogP contribution in [0.2, 0.25) is 0 Å². The Kier molecular flexibility index (Phi) is 2.59. The van der Waals surface area contributed by atoms with Crippen molar-refractivity contribution in [3.8, 4) is 17.0 Å². The van der Waals surface area contributed by atoms with Gasteiger partial charge in [-0.3, -0.25) is 4.79 Å². The average Bonchev–Trinajstić information content (AvgIpc) is 2.65. The van der Waals surface area contributed by atoms with Crippen LogP contribution >= 0.6 is 0 Å². The van der Waals surface area contributed by atoms with Crippen LogP contribution in [0.5, 0.6) is 5.75 Å². The normalized spacial score (nSPS) is 10.2. The molecule has 0 amide bonds. The van der Waals surface area contributed by atoms with Crippen molar-refractivity contribution in [2.75, 3.05) is 0 Å². The summed E-state index contributed by atoms with van der Waals surface area (Å²) < 4.78 is 0. The van der Waals surface area contributed by atoms with Gasteiger partial charge in [-0.2, -0.15) is 0 Å². The molecule has 0 bridgehead atoms. The van der Waals surface area contributed by atoms with Gasteiger partial charge in [0.05, 0.1) is 11.9 Å². The van der Waals surface area contributed by atoms with Crippen molar-refractivity contribution in [3.05, 3.63) is 36.3 Å². The molecule has 0 aliphatic heterocycles. The molecule has 1 heterocycles. The van der Waals surface area contributed by atoms with Gasteiger partial charge in [0.1, 0.15) is 18.0 Å². The molecular weight excluding hydrogens is 208 g/mol. The van der Waals surface area contributed by atoms with Crippen LogP contribution in [0.25, 0.3) is 11.3 Å². The number of aromatic amines is 1. The minimum atomic E-state index is -0.934. The summed E-state index contributed by atoms with van der Waals surface area (Å²) in [5.74, 6) is -0.380. The van der Waals surface area contributed by atoms with Crippen LogP contribution in [0.15, 0.2) is 30.5 Å². The van der Waals surface area contributed by atoms with Gasteiger partial charge in [0.15, 0.2) is 0 Å². The van der Waals surface area contributed by atoms with E-state index in [9.17, 15) is 9.90 Å². The summed E-state index contributed by atoms with van der Waals surface area (Å²) in [7, 11) is 0. The molecule has 2 aromatic rings. The van der Waals surface area contributed by atoms with Gasteiger partial charge in [0.2, 0.25) is 0 Å². The van der Waals surface area contributed by atoms with Gasteiger partial charge in [-0.25, -0.2) is 4.98 Å². The summed E-state index contributed by atoms with van der Waals surface area (Å²) in [6.45, 7) is 0. The largest absolute Gasteiger partial charge is 0.508 e. The number of carboxylic acids is 1. The molecule has 0 atom stereocenters. The van der Waals surface area contributed by atoms with Gasteiger partial charge in [-0.05, 0) is 12.1 Å². The number of aliphatic carboxylic acids is 1. The minimum absolute atomic E-state index is 0.140. The number of carboxylic acid groups (broad SMARTS) is 1. The SMILES string of the molecule is O=C(O)Cc1ncc(-c2cccc(O)c2)[nH]1. The molecule has 3 N–H and O–H groups in total. The third-order valence-corrected chi connectivity index (χ3v) is 2.10. The maximum atomic E-state index is 10.5. The van der Waals surface area contributed by atoms with Gasteiger partial charge >= 0.3 is 5.97 Å². The Morgan fingerprint density at radius 2 is 2.25 bits per heavy atom. The smallest absolute Gasteiger partial charge is 0.311 e. The van der Waals surface area contributed by atoms with Gasteiger partial charge in [0.25, 0.3) is 0 Å². The molecule has 5 nitrogen and oxygen atoms in total. The van der Waals surface area contributed by atoms with Crippen LogP contribution in [-0.4, -0.2) is 26.2 Å². The average molecular weight is 218 g/mol. The van der Waals surface area contributed by atoms with Gasteiger partial charge in [0, 0.05) is 5.56 Å². The number of imidazole rings is 1. The number of aromatic nitrogens is 2. The van der Waals surface area contributed by atoms with Gasteiger partial charge in [-0.15, -0.1) is 0 Å². The molecule has 0 saturated heterocycles. The Morgan fingerprint density at radius 1 is 1.44 bits per heavy atom. The van der Waals surface area contributed by atoms with Crippen molar-refractivity contribution in [1.82, 2.24) is 9.97 Å². The molecule has 0 fully saturated rings. The minimum Gasteiger partial charge on any atom is -0.508 e. The second kappa shape index (κ2) is 4.06. The maximum Gasteiger partial charge on any atom is 0.311 e. The first kappa shape index (κ1) is 10.2. The lowest BCUT2D eigenvalue weighted by molar-refractivity contribution is -0.136. The van der Waals surface area contributed by atoms with E-state index in [1.165, 1.54) is 0 Å². The lowest BCUT2D eigenvalue weighted by atomic mass is 10.1. The monoisotopic (exact) mass is 218 g/mol. The Hall–Kier alpha value is -2.30. The molecular formula is C11H10N2O3. The first-order chi connectivity index (χ1) is 7.65. The second-order valence-corrected chi connectivity index (χ2v) is 3.36. The summed E-state index contributed by atoms with van der Waals surface area (Å²) in [5.41, 5.74) is 1.45. The third kappa shape index (κ3) is 2.20. The van der Waals surface area contributed by atoms with Crippen molar-refractivity contribution >= 4 is 5.97 Å². The molecule has 0 aliphatic rings. The highest BCUT2D eigenvalue weighted by Crippen LogP contribution is 2.21. The first-order valence-corrected chi connectivity index (χ1v) is 4.70. The molecule has 1 aromatic heterocycles. The standard InChI is InChI=1S/C11H10N2O3/c14-8-3-1-2-7(4-8)9-6-12-10(13-9)5-11(15)16/h1-4,6,14H,5H2,(H,12,13)(H,15,16). The molecule has 0 spiro atoms. The molecule has 0 unspecified atom stereocenters. The number of hydrogen-bond donors (Lipinski definition) is 3. The Morgan fingerprint density at radius 3 is 2.94 bits per heavy atom. The molecule has 0 aliphatic carbocycles. The molecule has 16 heavy (non-hydrogen) atoms. The van der Waals surface area contributed by atoms with Gasteiger partial charge < -0.3 is 15.2 Å². The Balaban J connectivity index is 2.28. The highest BCUT2D eigenvalue weighted by Gasteiger charge is 2.06. The number of nitrogens with zero attached hydrogens (tertiary/aromatic N) is 1. The number of nitrogens with one attached hydrogen (secondary N) is 1. The zero-order valence-corrected chi connectivity index (χ0v) is 8.34. The van der Waals surface area contributed by atoms with E-state index in [-0.39, 0.29) is 12.2 Å². The number of H-pyrrole nitrogens is 1. The zero-order valence-electron chi connectivity index (χ0n) is 8.34. The molecule has 82 valence electrons. The van der Waals surface area contributed by atoms with Crippen LogP contribution in [-0.2, 0) is 11.2 Å². The summed E-state index contributed by atoms with van der Waals surface area (Å²) in [4.78, 5) is 17.3. The highest BCUT2D eigenvalue weighted by molar-refractivity contribution is 5.69. The maximum absolute atomic E-state index is 10.5. The van der Waals surface area contributed by atoms with Crippen LogP contribution in [0, 0.1) is 0 Å².